The van der Waals surface area contributed by atoms with Crippen LogP contribution < -0.4 is 18.4 Å². The maximum atomic E-state index is 12.8. The average Bonchev–Trinajstić information content (AvgIpc) is 1.23. The van der Waals surface area contributed by atoms with Gasteiger partial charge in [0.1, 0.15) is 11.5 Å². The number of hydrogen-bond acceptors (Lipinski definition) is 12. The molecule has 0 aliphatic carbocycles. The van der Waals surface area contributed by atoms with E-state index >= 15 is 0 Å². The van der Waals surface area contributed by atoms with Crippen LogP contribution >= 0.6 is 58.8 Å². The second kappa shape index (κ2) is 35.5. The van der Waals surface area contributed by atoms with E-state index in [1.54, 1.807) is 67.8 Å². The Kier molecular flexibility index (Phi) is 28.2. The van der Waals surface area contributed by atoms with E-state index in [1.165, 1.54) is 48.5 Å². The van der Waals surface area contributed by atoms with Crippen LogP contribution in [0.15, 0.2) is 146 Å². The highest BCUT2D eigenvalue weighted by atomic mass is 35.5. The van der Waals surface area contributed by atoms with E-state index in [9.17, 15) is 102 Å². The molecule has 0 saturated carbocycles. The Morgan fingerprint density at radius 1 is 0.373 bits per heavy atom. The van der Waals surface area contributed by atoms with E-state index in [-0.39, 0.29) is 98.4 Å². The van der Waals surface area contributed by atoms with Crippen molar-refractivity contribution in [3.63, 3.8) is 0 Å². The molecule has 8 aromatic carbocycles. The van der Waals surface area contributed by atoms with Crippen molar-refractivity contribution in [1.82, 2.24) is 20.0 Å². The number of fused-ring (bicyclic) bond motifs is 4. The van der Waals surface area contributed by atoms with Crippen molar-refractivity contribution in [1.29, 1.82) is 0 Å². The number of amides is 3. The molecule has 2 N–H and O–H groups in total. The zero-order chi connectivity index (χ0) is 79.9. The van der Waals surface area contributed by atoms with Gasteiger partial charge in [-0.1, -0.05) is 143 Å². The number of methoxy groups -OCH3 is 1. The number of ether oxygens (including phenoxy) is 1. The number of halogens is 20. The zero-order valence-electron chi connectivity index (χ0n) is 56.9. The quantitative estimate of drug-likeness (QED) is 0.0791. The summed E-state index contributed by atoms with van der Waals surface area (Å²) in [5, 5.41) is 14.7. The van der Waals surface area contributed by atoms with E-state index in [2.05, 4.69) is 13.7 Å². The minimum absolute atomic E-state index is 0. The van der Waals surface area contributed by atoms with Crippen LogP contribution in [0, 0.1) is 0 Å². The summed E-state index contributed by atoms with van der Waals surface area (Å²) in [7, 11) is -10.2. The van der Waals surface area contributed by atoms with Gasteiger partial charge < -0.3 is 38.2 Å². The van der Waals surface area contributed by atoms with Crippen molar-refractivity contribution >= 4 is 96.8 Å². The first-order valence-electron chi connectivity index (χ1n) is 32.7. The molecule has 3 amide bonds. The lowest BCUT2D eigenvalue weighted by atomic mass is 9.92. The Labute approximate surface area is 646 Å². The van der Waals surface area contributed by atoms with Gasteiger partial charge in [0.05, 0.1) is 7.11 Å². The third-order valence-corrected chi connectivity index (χ3v) is 21.0. The van der Waals surface area contributed by atoms with Gasteiger partial charge in [-0.2, -0.15) is 82.7 Å². The van der Waals surface area contributed by atoms with E-state index in [1.807, 2.05) is 30.3 Å². The first-order chi connectivity index (χ1) is 51.0. The standard InChI is InChI=1S/C19H14ClF6NO4S.C19H17ClF3NO2.C18H15ClF3NO2.C17H15ClF3NO3S.ClH/c20-14-6-5-11-7-9-27(17(28)18(21,22)23)10-8-12(11)16(14)13-3-1-2-4-15(13)31-32(29,30)19(24,25)26;1-26-16-5-3-2-4-14(16)17-13-9-11-24(18(25)19(21,22)23)10-8-12(13)6-7-15(17)20;19-14-6-5-11-7-9-23(17(25)18(20,21)22)10-8-12(11)16(14)13-3-1-2-4-15(13)24;18-14-6-5-11-7-9-22-10-8-12(11)16(14)13-3-1-2-4-15(13)25-26(23,24)17(19,20)21;/h1-6H,7-10H2;2-7H,8-11H2,1H3;1-6,24H,7-10H2;1-6,22H,7-10H2;1H. The fourth-order valence-electron chi connectivity index (χ4n) is 12.8. The molecule has 0 unspecified atom stereocenters. The minimum Gasteiger partial charge on any atom is -0.507 e. The number of carbonyl (C=O) groups excluding carboxylic acids is 3. The van der Waals surface area contributed by atoms with Crippen LogP contribution in [-0.4, -0.2) is 143 Å². The molecule has 8 aromatic rings. The monoisotopic (exact) mass is 1690 g/mol. The number of alkyl halides is 15. The van der Waals surface area contributed by atoms with Gasteiger partial charge in [-0.25, -0.2) is 0 Å². The summed E-state index contributed by atoms with van der Waals surface area (Å²) in [4.78, 5) is 37.1. The smallest absolute Gasteiger partial charge is 0.507 e. The van der Waals surface area contributed by atoms with Gasteiger partial charge >= 0.3 is 67.5 Å². The Morgan fingerprint density at radius 3 is 0.955 bits per heavy atom. The maximum absolute atomic E-state index is 12.8. The van der Waals surface area contributed by atoms with Crippen molar-refractivity contribution in [2.45, 2.75) is 80.9 Å². The Bertz CT molecular complexity index is 4960. The highest BCUT2D eigenvalue weighted by molar-refractivity contribution is 7.88. The summed E-state index contributed by atoms with van der Waals surface area (Å²) in [6.45, 7) is 0.875. The fourth-order valence-corrected chi connectivity index (χ4v) is 14.9. The highest BCUT2D eigenvalue weighted by Crippen LogP contribution is 2.46. The lowest BCUT2D eigenvalue weighted by Crippen LogP contribution is -2.42. The molecule has 0 spiro atoms. The number of nitrogens with zero attached hydrogens (tertiary/aromatic N) is 3. The highest BCUT2D eigenvalue weighted by Gasteiger charge is 2.51. The summed E-state index contributed by atoms with van der Waals surface area (Å²) in [6, 6.07) is 38.1. The molecule has 0 aromatic heterocycles. The van der Waals surface area contributed by atoms with Crippen LogP contribution in [0.5, 0.6) is 23.0 Å². The molecule has 0 radical (unpaired) electrons. The van der Waals surface area contributed by atoms with Gasteiger partial charge in [0.25, 0.3) is 0 Å². The molecule has 0 fully saturated rings. The first kappa shape index (κ1) is 87.2. The van der Waals surface area contributed by atoms with Gasteiger partial charge in [0.15, 0.2) is 11.5 Å². The third kappa shape index (κ3) is 20.5. The normalized spacial score (nSPS) is 14.8. The molecule has 4 heterocycles. The van der Waals surface area contributed by atoms with E-state index < -0.39 is 79.0 Å². The molecular weight excluding hydrogens is 1640 g/mol. The molecule has 4 aliphatic heterocycles. The zero-order valence-corrected chi connectivity index (χ0v) is 62.4. The maximum Gasteiger partial charge on any atom is 0.534 e. The van der Waals surface area contributed by atoms with Crippen molar-refractivity contribution in [2.24, 2.45) is 0 Å². The van der Waals surface area contributed by atoms with Gasteiger partial charge in [0.2, 0.25) is 0 Å². The lowest BCUT2D eigenvalue weighted by molar-refractivity contribution is -0.185. The van der Waals surface area contributed by atoms with Gasteiger partial charge in [-0.15, -0.1) is 12.4 Å². The Morgan fingerprint density at radius 2 is 0.636 bits per heavy atom. The number of benzene rings is 8. The molecule has 12 rings (SSSR count). The number of hydrogen-bond donors (Lipinski definition) is 2. The van der Waals surface area contributed by atoms with Crippen LogP contribution in [0.2, 0.25) is 20.1 Å². The second-order valence-electron chi connectivity index (χ2n) is 24.5. The molecule has 15 nitrogen and oxygen atoms in total. The number of aromatic hydroxyl groups is 1. The SMILES string of the molecule is COc1ccccc1-c1c(Cl)ccc2c1CCN(C(=O)C(F)(F)F)CC2.Cl.O=C(N1CCc2ccc(Cl)c(-c3ccccc3O)c2CC1)C(F)(F)F.O=C(N1CCc2ccc(Cl)c(-c3ccccc3OS(=O)(=O)C(F)(F)F)c2CC1)C(F)(F)F.O=S(=O)(Oc1ccccc1-c1c(Cl)ccc2c1CCNCC2)C(F)(F)F. The number of rotatable bonds is 9. The molecule has 0 bridgehead atoms. The van der Waals surface area contributed by atoms with Crippen LogP contribution in [-0.2, 0) is 86.0 Å². The number of phenolic OH excluding ortho intramolecular Hbond substituents is 1. The van der Waals surface area contributed by atoms with E-state index in [0.717, 1.165) is 73.3 Å². The third-order valence-electron chi connectivity index (χ3n) is 17.8. The van der Waals surface area contributed by atoms with Crippen molar-refractivity contribution in [2.75, 3.05) is 59.5 Å². The molecular formula is C73H62Cl5F15N4O11S2. The molecule has 0 saturated heterocycles. The summed E-state index contributed by atoms with van der Waals surface area (Å²) >= 11 is 25.4. The number of para-hydroxylation sites is 4. The summed E-state index contributed by atoms with van der Waals surface area (Å²) in [5.74, 6) is -5.99. The Hall–Kier alpha value is -8.37. The van der Waals surface area contributed by atoms with Gasteiger partial charge in [-0.05, 0) is 157 Å². The molecule has 37 heteroatoms. The lowest BCUT2D eigenvalue weighted by Gasteiger charge is -2.21. The average molecular weight is 1700 g/mol. The van der Waals surface area contributed by atoms with Crippen molar-refractivity contribution in [3.8, 4) is 67.5 Å². The predicted molar refractivity (Wildman–Crippen MR) is 385 cm³/mol. The summed E-state index contributed by atoms with van der Waals surface area (Å²) < 4.78 is 252. The largest absolute Gasteiger partial charge is 0.534 e. The van der Waals surface area contributed by atoms with E-state index in [0.29, 0.717) is 85.8 Å². The summed E-state index contributed by atoms with van der Waals surface area (Å²) in [6.07, 6.45) is -12.3. The fraction of sp³-hybridized carbons (Fsp3) is 0.301. The minimum atomic E-state index is -5.98. The predicted octanol–water partition coefficient (Wildman–Crippen LogP) is 17.8. The summed E-state index contributed by atoms with van der Waals surface area (Å²) in [5.41, 5.74) is -1.59. The van der Waals surface area contributed by atoms with Crippen molar-refractivity contribution in [3.05, 3.63) is 210 Å². The number of nitrogens with one attached hydrogen (secondary N) is 1. The van der Waals surface area contributed by atoms with Crippen LogP contribution in [0.1, 0.15) is 44.5 Å². The molecule has 110 heavy (non-hydrogen) atoms. The number of carbonyl (C=O) groups is 3. The van der Waals surface area contributed by atoms with Crippen LogP contribution in [0.25, 0.3) is 44.5 Å². The first-order valence-corrected chi connectivity index (χ1v) is 37.0. The topological polar surface area (TPSA) is 189 Å². The second-order valence-corrected chi connectivity index (χ2v) is 29.2. The van der Waals surface area contributed by atoms with E-state index in [4.69, 9.17) is 51.1 Å². The molecule has 0 atom stereocenters. The molecule has 4 aliphatic rings. The van der Waals surface area contributed by atoms with Crippen LogP contribution in [0.4, 0.5) is 65.9 Å². The Balaban J connectivity index is 0.000000185. The van der Waals surface area contributed by atoms with Gasteiger partial charge in [0, 0.05) is 104 Å². The molecule has 592 valence electrons. The van der Waals surface area contributed by atoms with Crippen LogP contribution in [0.3, 0.4) is 0 Å². The number of phenols is 1. The van der Waals surface area contributed by atoms with Crippen molar-refractivity contribution < 1.29 is 115 Å². The van der Waals surface area contributed by atoms with Gasteiger partial charge in [-0.3, -0.25) is 14.4 Å².